The van der Waals surface area contributed by atoms with Crippen molar-refractivity contribution in [2.24, 2.45) is 0 Å². The molecule has 17 heavy (non-hydrogen) atoms. The first-order valence-corrected chi connectivity index (χ1v) is 4.38. The van der Waals surface area contributed by atoms with Crippen LogP contribution >= 0.6 is 0 Å². The summed E-state index contributed by atoms with van der Waals surface area (Å²) in [6.45, 7) is 1.52. The Morgan fingerprint density at radius 1 is 1.24 bits per heavy atom. The molecule has 8 heteroatoms. The zero-order chi connectivity index (χ0) is 13.9. The molecule has 0 aliphatic rings. The molecule has 0 saturated heterocycles. The number of carbonyl (C=O) groups is 1. The average Bonchev–Trinajstić information content (AvgIpc) is 2.15. The topological polar surface area (TPSA) is 26.3 Å². The molecule has 0 saturated carbocycles. The van der Waals surface area contributed by atoms with Gasteiger partial charge in [0.05, 0.1) is 13.0 Å². The van der Waals surface area contributed by atoms with Crippen LogP contribution in [-0.2, 0) is 9.53 Å². The summed E-state index contributed by atoms with van der Waals surface area (Å²) in [6, 6.07) is 0. The quantitative estimate of drug-likeness (QED) is 0.418. The summed E-state index contributed by atoms with van der Waals surface area (Å²) in [4.78, 5) is 10.4. The molecule has 0 bridgehead atoms. The highest BCUT2D eigenvalue weighted by molar-refractivity contribution is 5.81. The van der Waals surface area contributed by atoms with Gasteiger partial charge in [0.25, 0.3) is 0 Å². The van der Waals surface area contributed by atoms with Gasteiger partial charge < -0.3 is 4.74 Å². The lowest BCUT2D eigenvalue weighted by Crippen LogP contribution is -2.53. The van der Waals surface area contributed by atoms with E-state index in [0.717, 1.165) is 0 Å². The fourth-order valence-corrected chi connectivity index (χ4v) is 0.817. The number of hydrogen-bond acceptors (Lipinski definition) is 2. The summed E-state index contributed by atoms with van der Waals surface area (Å²) in [5.74, 6) is -16.5. The second-order valence-electron chi connectivity index (χ2n) is 3.29. The largest absolute Gasteiger partial charge is 0.462 e. The smallest absolute Gasteiger partial charge is 0.371 e. The first-order valence-electron chi connectivity index (χ1n) is 4.38. The Hall–Kier alpha value is -1.21. The molecule has 0 atom stereocenters. The van der Waals surface area contributed by atoms with E-state index in [-0.39, 0.29) is 6.92 Å². The van der Waals surface area contributed by atoms with Crippen LogP contribution in [0.3, 0.4) is 0 Å². The summed E-state index contributed by atoms with van der Waals surface area (Å²) in [5.41, 5.74) is 0. The van der Waals surface area contributed by atoms with E-state index in [1.807, 2.05) is 0 Å². The van der Waals surface area contributed by atoms with Crippen molar-refractivity contribution in [1.82, 2.24) is 0 Å². The van der Waals surface area contributed by atoms with Crippen LogP contribution in [0.15, 0.2) is 12.7 Å². The number of esters is 1. The molecule has 0 aromatic carbocycles. The maximum Gasteiger partial charge on any atom is 0.371 e. The number of hydrogen-bond donors (Lipinski definition) is 0. The predicted octanol–water partition coefficient (Wildman–Crippen LogP) is 3.03. The lowest BCUT2D eigenvalue weighted by atomic mass is 10.0. The second kappa shape index (κ2) is 4.97. The fraction of sp³-hybridized carbons (Fsp3) is 0.667. The molecule has 0 radical (unpaired) electrons. The molecule has 0 aromatic heterocycles. The zero-order valence-electron chi connectivity index (χ0n) is 8.78. The van der Waals surface area contributed by atoms with E-state index in [1.165, 1.54) is 0 Å². The lowest BCUT2D eigenvalue weighted by Gasteiger charge is -2.30. The minimum atomic E-state index is -5.51. The lowest BCUT2D eigenvalue weighted by molar-refractivity contribution is -0.305. The van der Waals surface area contributed by atoms with E-state index in [4.69, 9.17) is 0 Å². The van der Waals surface area contributed by atoms with Crippen molar-refractivity contribution in [1.29, 1.82) is 0 Å². The van der Waals surface area contributed by atoms with E-state index in [0.29, 0.717) is 6.08 Å². The molecular weight excluding hydrogens is 254 g/mol. The SMILES string of the molecule is C=CC(=O)OCCC(F)(F)C(F)(F)C(C)(F)F. The number of rotatable bonds is 6. The van der Waals surface area contributed by atoms with Crippen molar-refractivity contribution in [3.05, 3.63) is 12.7 Å². The molecule has 0 unspecified atom stereocenters. The Morgan fingerprint density at radius 2 is 1.71 bits per heavy atom. The van der Waals surface area contributed by atoms with Gasteiger partial charge in [0.1, 0.15) is 0 Å². The molecule has 0 spiro atoms. The van der Waals surface area contributed by atoms with Crippen LogP contribution in [0.4, 0.5) is 26.3 Å². The first-order chi connectivity index (χ1) is 7.45. The highest BCUT2D eigenvalue weighted by atomic mass is 19.3. The fourth-order valence-electron chi connectivity index (χ4n) is 0.817. The summed E-state index contributed by atoms with van der Waals surface area (Å²) < 4.78 is 79.5. The standard InChI is InChI=1S/C9H10F6O2/c1-3-6(16)17-5-4-8(12,13)9(14,15)7(2,10)11/h3H,1,4-5H2,2H3. The predicted molar refractivity (Wildman–Crippen MR) is 46.3 cm³/mol. The Bertz CT molecular complexity index is 294. The average molecular weight is 264 g/mol. The van der Waals surface area contributed by atoms with Gasteiger partial charge >= 0.3 is 23.7 Å². The van der Waals surface area contributed by atoms with E-state index in [1.54, 1.807) is 0 Å². The Balaban J connectivity index is 4.57. The van der Waals surface area contributed by atoms with Gasteiger partial charge in [0.2, 0.25) is 0 Å². The van der Waals surface area contributed by atoms with Crippen molar-refractivity contribution >= 4 is 5.97 Å². The number of halogens is 6. The maximum absolute atomic E-state index is 12.8. The van der Waals surface area contributed by atoms with Gasteiger partial charge in [-0.2, -0.15) is 26.3 Å². The molecular formula is C9H10F6O2. The van der Waals surface area contributed by atoms with E-state index >= 15 is 0 Å². The van der Waals surface area contributed by atoms with Crippen LogP contribution in [0.1, 0.15) is 13.3 Å². The molecule has 100 valence electrons. The summed E-state index contributed by atoms with van der Waals surface area (Å²) in [5, 5.41) is 0. The Labute approximate surface area is 93.2 Å². The third-order valence-electron chi connectivity index (χ3n) is 1.84. The molecule has 0 rings (SSSR count). The molecule has 0 aromatic rings. The third-order valence-corrected chi connectivity index (χ3v) is 1.84. The highest BCUT2D eigenvalue weighted by Gasteiger charge is 2.68. The van der Waals surface area contributed by atoms with E-state index < -0.39 is 36.8 Å². The van der Waals surface area contributed by atoms with Gasteiger partial charge in [-0.3, -0.25) is 0 Å². The van der Waals surface area contributed by atoms with Crippen LogP contribution in [0.5, 0.6) is 0 Å². The minimum Gasteiger partial charge on any atom is -0.462 e. The first kappa shape index (κ1) is 15.8. The molecule has 0 aliphatic carbocycles. The van der Waals surface area contributed by atoms with Crippen molar-refractivity contribution in [2.75, 3.05) is 6.61 Å². The Kier molecular flexibility index (Phi) is 4.62. The van der Waals surface area contributed by atoms with Crippen LogP contribution in [0.25, 0.3) is 0 Å². The second-order valence-corrected chi connectivity index (χ2v) is 3.29. The van der Waals surface area contributed by atoms with Gasteiger partial charge in [0, 0.05) is 13.0 Å². The van der Waals surface area contributed by atoms with Crippen molar-refractivity contribution in [2.45, 2.75) is 31.1 Å². The Morgan fingerprint density at radius 3 is 2.06 bits per heavy atom. The van der Waals surface area contributed by atoms with Gasteiger partial charge in [-0.05, 0) is 0 Å². The molecule has 0 fully saturated rings. The summed E-state index contributed by atoms with van der Waals surface area (Å²) in [7, 11) is 0. The summed E-state index contributed by atoms with van der Waals surface area (Å²) >= 11 is 0. The maximum atomic E-state index is 12.8. The van der Waals surface area contributed by atoms with Crippen molar-refractivity contribution in [3.63, 3.8) is 0 Å². The van der Waals surface area contributed by atoms with Crippen molar-refractivity contribution in [3.8, 4) is 0 Å². The molecule has 2 nitrogen and oxygen atoms in total. The van der Waals surface area contributed by atoms with Crippen LogP contribution in [0.2, 0.25) is 0 Å². The monoisotopic (exact) mass is 264 g/mol. The zero-order valence-corrected chi connectivity index (χ0v) is 8.78. The van der Waals surface area contributed by atoms with Crippen LogP contribution in [0, 0.1) is 0 Å². The van der Waals surface area contributed by atoms with Gasteiger partial charge in [0.15, 0.2) is 0 Å². The summed E-state index contributed by atoms with van der Waals surface area (Å²) in [6.07, 6.45) is -1.08. The number of ether oxygens (including phenoxy) is 1. The van der Waals surface area contributed by atoms with E-state index in [9.17, 15) is 31.1 Å². The van der Waals surface area contributed by atoms with E-state index in [2.05, 4.69) is 11.3 Å². The van der Waals surface area contributed by atoms with Crippen LogP contribution in [-0.4, -0.2) is 30.3 Å². The molecule has 0 N–H and O–H groups in total. The number of carbonyl (C=O) groups excluding carboxylic acids is 1. The molecule has 0 amide bonds. The van der Waals surface area contributed by atoms with Gasteiger partial charge in [-0.15, -0.1) is 0 Å². The van der Waals surface area contributed by atoms with Crippen LogP contribution < -0.4 is 0 Å². The normalized spacial score (nSPS) is 13.4. The number of alkyl halides is 6. The van der Waals surface area contributed by atoms with Gasteiger partial charge in [-0.1, -0.05) is 6.58 Å². The highest BCUT2D eigenvalue weighted by Crippen LogP contribution is 2.46. The minimum absolute atomic E-state index is 0.309. The van der Waals surface area contributed by atoms with Crippen molar-refractivity contribution < 1.29 is 35.9 Å². The molecule has 0 heterocycles. The van der Waals surface area contributed by atoms with Gasteiger partial charge in [-0.25, -0.2) is 4.79 Å². The third kappa shape index (κ3) is 3.64. The molecule has 0 aliphatic heterocycles.